The van der Waals surface area contributed by atoms with Crippen molar-refractivity contribution in [3.8, 4) is 0 Å². The average molecular weight is 533 g/mol. The Morgan fingerprint density at radius 1 is 1.14 bits per heavy atom. The number of ether oxygens (including phenoxy) is 1. The molecule has 0 saturated carbocycles. The van der Waals surface area contributed by atoms with Crippen molar-refractivity contribution in [2.75, 3.05) is 39.9 Å². The third-order valence-corrected chi connectivity index (χ3v) is 5.15. The van der Waals surface area contributed by atoms with Crippen molar-refractivity contribution < 1.29 is 9.13 Å². The Labute approximate surface area is 193 Å². The van der Waals surface area contributed by atoms with Gasteiger partial charge in [0.1, 0.15) is 5.82 Å². The van der Waals surface area contributed by atoms with Gasteiger partial charge in [-0.05, 0) is 29.3 Å². The molecule has 1 fully saturated rings. The third-order valence-electron chi connectivity index (χ3n) is 4.81. The van der Waals surface area contributed by atoms with Crippen molar-refractivity contribution >= 4 is 41.5 Å². The van der Waals surface area contributed by atoms with Crippen molar-refractivity contribution in [1.82, 2.24) is 15.5 Å². The first-order valence-corrected chi connectivity index (χ1v) is 9.80. The van der Waals surface area contributed by atoms with Gasteiger partial charge in [-0.1, -0.05) is 41.9 Å². The van der Waals surface area contributed by atoms with Crippen molar-refractivity contribution in [1.29, 1.82) is 0 Å². The summed E-state index contributed by atoms with van der Waals surface area (Å²) < 4.78 is 18.6. The van der Waals surface area contributed by atoms with Gasteiger partial charge in [0.25, 0.3) is 0 Å². The van der Waals surface area contributed by atoms with Crippen molar-refractivity contribution in [2.45, 2.75) is 12.6 Å². The van der Waals surface area contributed by atoms with Crippen molar-refractivity contribution in [3.63, 3.8) is 0 Å². The predicted octanol–water partition coefficient (Wildman–Crippen LogP) is 3.84. The van der Waals surface area contributed by atoms with Crippen LogP contribution >= 0.6 is 35.6 Å². The van der Waals surface area contributed by atoms with Gasteiger partial charge in [-0.2, -0.15) is 0 Å². The van der Waals surface area contributed by atoms with Crippen LogP contribution in [0.5, 0.6) is 0 Å². The number of aliphatic imine (C=N–C) groups is 1. The second-order valence-electron chi connectivity index (χ2n) is 6.62. The van der Waals surface area contributed by atoms with Crippen LogP contribution in [0.25, 0.3) is 0 Å². The maximum atomic E-state index is 13.1. The highest BCUT2D eigenvalue weighted by Crippen LogP contribution is 2.27. The highest BCUT2D eigenvalue weighted by Gasteiger charge is 2.24. The molecule has 0 bridgehead atoms. The number of rotatable bonds is 6. The third kappa shape index (κ3) is 7.09. The van der Waals surface area contributed by atoms with Gasteiger partial charge in [0.15, 0.2) is 5.96 Å². The molecule has 0 aromatic heterocycles. The van der Waals surface area contributed by atoms with Gasteiger partial charge in [-0.15, -0.1) is 24.0 Å². The maximum Gasteiger partial charge on any atom is 0.191 e. The van der Waals surface area contributed by atoms with E-state index in [1.807, 2.05) is 18.2 Å². The zero-order chi connectivity index (χ0) is 19.8. The summed E-state index contributed by atoms with van der Waals surface area (Å²) in [5.74, 6) is 0.453. The van der Waals surface area contributed by atoms with Crippen LogP contribution in [0.15, 0.2) is 53.5 Å². The number of nitrogens with one attached hydrogen (secondary N) is 2. The van der Waals surface area contributed by atoms with Gasteiger partial charge in [0.2, 0.25) is 0 Å². The molecule has 158 valence electrons. The molecular formula is C21H27ClFIN4O. The van der Waals surface area contributed by atoms with Gasteiger partial charge >= 0.3 is 0 Å². The summed E-state index contributed by atoms with van der Waals surface area (Å²) in [6.07, 6.45) is 0. The number of nitrogens with zero attached hydrogens (tertiary/aromatic N) is 2. The molecule has 29 heavy (non-hydrogen) atoms. The van der Waals surface area contributed by atoms with Crippen LogP contribution in [-0.4, -0.2) is 50.8 Å². The molecule has 1 saturated heterocycles. The molecule has 1 aliphatic rings. The Bertz CT molecular complexity index is 785. The number of halogens is 3. The lowest BCUT2D eigenvalue weighted by molar-refractivity contribution is 0.0170. The molecule has 0 spiro atoms. The van der Waals surface area contributed by atoms with Gasteiger partial charge in [-0.25, -0.2) is 4.39 Å². The van der Waals surface area contributed by atoms with E-state index in [1.54, 1.807) is 19.2 Å². The Hall–Kier alpha value is -1.42. The highest BCUT2D eigenvalue weighted by atomic mass is 127. The van der Waals surface area contributed by atoms with Crippen LogP contribution in [0.1, 0.15) is 17.2 Å². The number of guanidine groups is 1. The number of hydrogen-bond donors (Lipinski definition) is 2. The van der Waals surface area contributed by atoms with E-state index in [1.165, 1.54) is 12.1 Å². The minimum atomic E-state index is -0.237. The summed E-state index contributed by atoms with van der Waals surface area (Å²) in [7, 11) is 1.74. The molecule has 2 aromatic rings. The molecule has 1 heterocycles. The van der Waals surface area contributed by atoms with E-state index in [0.29, 0.717) is 19.0 Å². The van der Waals surface area contributed by atoms with Crippen LogP contribution in [0.3, 0.4) is 0 Å². The summed E-state index contributed by atoms with van der Waals surface area (Å²) in [6, 6.07) is 14.5. The van der Waals surface area contributed by atoms with Crippen molar-refractivity contribution in [2.24, 2.45) is 4.99 Å². The topological polar surface area (TPSA) is 48.9 Å². The van der Waals surface area contributed by atoms with Gasteiger partial charge in [0, 0.05) is 38.2 Å². The molecule has 5 nitrogen and oxygen atoms in total. The SMILES string of the molecule is CN=C(NCc1ccc(F)cc1)NCC(c1ccccc1Cl)N1CCOCC1.I. The minimum absolute atomic E-state index is 0. The molecule has 1 unspecified atom stereocenters. The van der Waals surface area contributed by atoms with E-state index in [4.69, 9.17) is 16.3 Å². The monoisotopic (exact) mass is 532 g/mol. The van der Waals surface area contributed by atoms with E-state index in [9.17, 15) is 4.39 Å². The Kier molecular flexibility index (Phi) is 10.1. The molecule has 0 radical (unpaired) electrons. The fourth-order valence-electron chi connectivity index (χ4n) is 3.27. The molecular weight excluding hydrogens is 506 g/mol. The zero-order valence-electron chi connectivity index (χ0n) is 16.4. The number of benzene rings is 2. The first-order chi connectivity index (χ1) is 13.7. The fraction of sp³-hybridized carbons (Fsp3) is 0.381. The standard InChI is InChI=1S/C21H26ClFN4O.HI/c1-24-21(25-14-16-6-8-17(23)9-7-16)26-15-20(27-10-12-28-13-11-27)18-4-2-3-5-19(18)22;/h2-9,20H,10-15H2,1H3,(H2,24,25,26);1H. The van der Waals surface area contributed by atoms with Crippen LogP contribution in [0.2, 0.25) is 5.02 Å². The number of hydrogen-bond acceptors (Lipinski definition) is 3. The molecule has 2 N–H and O–H groups in total. The van der Waals surface area contributed by atoms with E-state index in [-0.39, 0.29) is 35.8 Å². The molecule has 8 heteroatoms. The van der Waals surface area contributed by atoms with Crippen LogP contribution < -0.4 is 10.6 Å². The molecule has 1 aliphatic heterocycles. The second kappa shape index (κ2) is 12.3. The van der Waals surface area contributed by atoms with Crippen LogP contribution in [0.4, 0.5) is 4.39 Å². The number of morpholine rings is 1. The van der Waals surface area contributed by atoms with Crippen LogP contribution in [-0.2, 0) is 11.3 Å². The highest BCUT2D eigenvalue weighted by molar-refractivity contribution is 14.0. The summed E-state index contributed by atoms with van der Waals surface area (Å²) in [6.45, 7) is 4.39. The Balaban J connectivity index is 0.00000300. The maximum absolute atomic E-state index is 13.1. The predicted molar refractivity (Wildman–Crippen MR) is 127 cm³/mol. The quantitative estimate of drug-likeness (QED) is 0.337. The van der Waals surface area contributed by atoms with E-state index < -0.39 is 0 Å². The minimum Gasteiger partial charge on any atom is -0.379 e. The molecule has 3 rings (SSSR count). The summed E-state index contributed by atoms with van der Waals surface area (Å²) in [5.41, 5.74) is 2.08. The normalized spacial score (nSPS) is 16.0. The molecule has 0 aliphatic carbocycles. The Morgan fingerprint density at radius 3 is 2.48 bits per heavy atom. The summed E-state index contributed by atoms with van der Waals surface area (Å²) >= 11 is 6.48. The van der Waals surface area contributed by atoms with Gasteiger partial charge < -0.3 is 15.4 Å². The molecule has 2 aromatic carbocycles. The largest absolute Gasteiger partial charge is 0.379 e. The fourth-order valence-corrected chi connectivity index (χ4v) is 3.53. The Morgan fingerprint density at radius 2 is 1.83 bits per heavy atom. The molecule has 1 atom stereocenters. The lowest BCUT2D eigenvalue weighted by atomic mass is 10.0. The average Bonchev–Trinajstić information content (AvgIpc) is 2.73. The summed E-state index contributed by atoms with van der Waals surface area (Å²) in [5, 5.41) is 7.43. The summed E-state index contributed by atoms with van der Waals surface area (Å²) in [4.78, 5) is 6.68. The van der Waals surface area contributed by atoms with E-state index >= 15 is 0 Å². The van der Waals surface area contributed by atoms with Gasteiger partial charge in [-0.3, -0.25) is 9.89 Å². The van der Waals surface area contributed by atoms with Gasteiger partial charge in [0.05, 0.1) is 19.3 Å². The first-order valence-electron chi connectivity index (χ1n) is 9.42. The molecule has 0 amide bonds. The lowest BCUT2D eigenvalue weighted by Crippen LogP contribution is -2.46. The van der Waals surface area contributed by atoms with Crippen LogP contribution in [0, 0.1) is 5.82 Å². The van der Waals surface area contributed by atoms with E-state index in [0.717, 1.165) is 42.5 Å². The first kappa shape index (κ1) is 23.9. The second-order valence-corrected chi connectivity index (χ2v) is 7.03. The lowest BCUT2D eigenvalue weighted by Gasteiger charge is -2.35. The van der Waals surface area contributed by atoms with E-state index in [2.05, 4.69) is 26.6 Å². The zero-order valence-corrected chi connectivity index (χ0v) is 19.5. The van der Waals surface area contributed by atoms with Crippen molar-refractivity contribution in [3.05, 3.63) is 70.5 Å². The smallest absolute Gasteiger partial charge is 0.191 e.